The third-order valence-electron chi connectivity index (χ3n) is 4.94. The number of anilines is 1. The van der Waals surface area contributed by atoms with E-state index in [0.29, 0.717) is 6.54 Å². The Labute approximate surface area is 164 Å². The van der Waals surface area contributed by atoms with Crippen LogP contribution in [0.15, 0.2) is 67.0 Å². The van der Waals surface area contributed by atoms with E-state index in [2.05, 4.69) is 56.9 Å². The number of H-pyrrole nitrogens is 1. The van der Waals surface area contributed by atoms with Crippen LogP contribution in [0.25, 0.3) is 22.2 Å². The van der Waals surface area contributed by atoms with Crippen LogP contribution < -0.4 is 5.32 Å². The highest BCUT2D eigenvalue weighted by Gasteiger charge is 2.21. The van der Waals surface area contributed by atoms with Crippen LogP contribution in [-0.4, -0.2) is 15.2 Å². The summed E-state index contributed by atoms with van der Waals surface area (Å²) in [4.78, 5) is 4.33. The Kier molecular flexibility index (Phi) is 4.54. The molecule has 0 atom stereocenters. The number of hydrogen-bond donors (Lipinski definition) is 2. The number of nitriles is 1. The van der Waals surface area contributed by atoms with Crippen LogP contribution in [0.5, 0.6) is 0 Å². The second kappa shape index (κ2) is 7.16. The predicted molar refractivity (Wildman–Crippen MR) is 112 cm³/mol. The molecule has 138 valence electrons. The largest absolute Gasteiger partial charge is 0.381 e. The van der Waals surface area contributed by atoms with E-state index in [1.165, 1.54) is 5.56 Å². The van der Waals surface area contributed by atoms with Gasteiger partial charge in [0.25, 0.3) is 0 Å². The average Bonchev–Trinajstić information content (AvgIpc) is 3.22. The van der Waals surface area contributed by atoms with E-state index in [4.69, 9.17) is 0 Å². The fourth-order valence-corrected chi connectivity index (χ4v) is 3.21. The van der Waals surface area contributed by atoms with Gasteiger partial charge < -0.3 is 5.32 Å². The van der Waals surface area contributed by atoms with Gasteiger partial charge in [0, 0.05) is 23.8 Å². The summed E-state index contributed by atoms with van der Waals surface area (Å²) in [6.45, 7) is 4.59. The molecule has 0 aliphatic carbocycles. The fraction of sp³-hybridized carbons (Fsp3) is 0.174. The van der Waals surface area contributed by atoms with Crippen molar-refractivity contribution in [2.45, 2.75) is 25.8 Å². The molecule has 2 aromatic heterocycles. The van der Waals surface area contributed by atoms with Crippen molar-refractivity contribution < 1.29 is 0 Å². The number of hydrogen-bond acceptors (Lipinski definition) is 4. The standard InChI is InChI=1S/C23H21N5/c1-23(2,15-24)18-10-17(20-8-9-25-22-21(20)14-27-28-22)11-19(12-18)26-13-16-6-4-3-5-7-16/h3-12,14,26H,13H2,1-2H3,(H,25,27,28). The van der Waals surface area contributed by atoms with Crippen molar-refractivity contribution >= 4 is 16.7 Å². The van der Waals surface area contributed by atoms with Gasteiger partial charge in [0.1, 0.15) is 0 Å². The summed E-state index contributed by atoms with van der Waals surface area (Å²) in [5.41, 5.74) is 5.38. The quantitative estimate of drug-likeness (QED) is 0.518. The monoisotopic (exact) mass is 367 g/mol. The number of benzene rings is 2. The molecule has 0 spiro atoms. The first-order valence-electron chi connectivity index (χ1n) is 9.20. The molecule has 0 fully saturated rings. The topological polar surface area (TPSA) is 77.4 Å². The van der Waals surface area contributed by atoms with E-state index in [0.717, 1.165) is 33.4 Å². The number of pyridine rings is 1. The van der Waals surface area contributed by atoms with Gasteiger partial charge in [-0.05, 0) is 60.4 Å². The van der Waals surface area contributed by atoms with Crippen molar-refractivity contribution in [1.82, 2.24) is 15.2 Å². The number of nitrogens with zero attached hydrogens (tertiary/aromatic N) is 3. The third kappa shape index (κ3) is 3.45. The minimum Gasteiger partial charge on any atom is -0.381 e. The second-order valence-electron chi connectivity index (χ2n) is 7.37. The summed E-state index contributed by atoms with van der Waals surface area (Å²) in [5, 5.41) is 21.1. The molecule has 0 amide bonds. The molecule has 0 saturated heterocycles. The first kappa shape index (κ1) is 17.7. The van der Waals surface area contributed by atoms with Crippen LogP contribution >= 0.6 is 0 Å². The number of fused-ring (bicyclic) bond motifs is 1. The Hall–Kier alpha value is -3.65. The summed E-state index contributed by atoms with van der Waals surface area (Å²) < 4.78 is 0. The molecule has 0 aliphatic heterocycles. The summed E-state index contributed by atoms with van der Waals surface area (Å²) in [6.07, 6.45) is 3.56. The Morgan fingerprint density at radius 1 is 1.11 bits per heavy atom. The minimum absolute atomic E-state index is 0.596. The minimum atomic E-state index is -0.596. The van der Waals surface area contributed by atoms with Crippen molar-refractivity contribution in [3.63, 3.8) is 0 Å². The molecule has 0 bridgehead atoms. The Balaban J connectivity index is 1.78. The zero-order valence-corrected chi connectivity index (χ0v) is 15.9. The molecular formula is C23H21N5. The highest BCUT2D eigenvalue weighted by atomic mass is 15.1. The first-order chi connectivity index (χ1) is 13.6. The van der Waals surface area contributed by atoms with E-state index >= 15 is 0 Å². The third-order valence-corrected chi connectivity index (χ3v) is 4.94. The number of nitrogens with one attached hydrogen (secondary N) is 2. The molecule has 4 rings (SSSR count). The van der Waals surface area contributed by atoms with Gasteiger partial charge in [-0.1, -0.05) is 30.3 Å². The highest BCUT2D eigenvalue weighted by Crippen LogP contribution is 2.34. The first-order valence-corrected chi connectivity index (χ1v) is 9.20. The maximum atomic E-state index is 9.65. The molecule has 2 aromatic carbocycles. The lowest BCUT2D eigenvalue weighted by Crippen LogP contribution is -2.14. The molecule has 4 aromatic rings. The fourth-order valence-electron chi connectivity index (χ4n) is 3.21. The Morgan fingerprint density at radius 2 is 1.93 bits per heavy atom. The summed E-state index contributed by atoms with van der Waals surface area (Å²) >= 11 is 0. The molecule has 0 unspecified atom stereocenters. The molecule has 28 heavy (non-hydrogen) atoms. The maximum absolute atomic E-state index is 9.65. The van der Waals surface area contributed by atoms with Gasteiger partial charge in [0.15, 0.2) is 5.65 Å². The smallest absolute Gasteiger partial charge is 0.155 e. The van der Waals surface area contributed by atoms with E-state index in [1.807, 2.05) is 38.1 Å². The SMILES string of the molecule is CC(C)(C#N)c1cc(NCc2ccccc2)cc(-c2ccnc3[nH]ncc23)c1. The van der Waals surface area contributed by atoms with Gasteiger partial charge in [-0.15, -0.1) is 0 Å². The number of aromatic nitrogens is 3. The van der Waals surface area contributed by atoms with Crippen LogP contribution in [0.1, 0.15) is 25.0 Å². The van der Waals surface area contributed by atoms with Crippen molar-refractivity contribution in [3.05, 3.63) is 78.1 Å². The maximum Gasteiger partial charge on any atom is 0.155 e. The number of rotatable bonds is 5. The normalized spacial score (nSPS) is 11.3. The molecule has 2 heterocycles. The molecule has 0 saturated carbocycles. The second-order valence-corrected chi connectivity index (χ2v) is 7.37. The Morgan fingerprint density at radius 3 is 2.71 bits per heavy atom. The van der Waals surface area contributed by atoms with Crippen LogP contribution in [0, 0.1) is 11.3 Å². The van der Waals surface area contributed by atoms with Gasteiger partial charge >= 0.3 is 0 Å². The van der Waals surface area contributed by atoms with E-state index in [1.54, 1.807) is 12.4 Å². The lowest BCUT2D eigenvalue weighted by molar-refractivity contribution is 0.687. The van der Waals surface area contributed by atoms with Crippen molar-refractivity contribution in [1.29, 1.82) is 5.26 Å². The van der Waals surface area contributed by atoms with E-state index in [-0.39, 0.29) is 0 Å². The summed E-state index contributed by atoms with van der Waals surface area (Å²) in [5.74, 6) is 0. The van der Waals surface area contributed by atoms with Gasteiger partial charge in [-0.2, -0.15) is 10.4 Å². The van der Waals surface area contributed by atoms with Crippen molar-refractivity contribution in [2.24, 2.45) is 0 Å². The predicted octanol–water partition coefficient (Wildman–Crippen LogP) is 5.04. The van der Waals surface area contributed by atoms with E-state index in [9.17, 15) is 5.26 Å². The van der Waals surface area contributed by atoms with Gasteiger partial charge in [-0.25, -0.2) is 4.98 Å². The lowest BCUT2D eigenvalue weighted by Gasteiger charge is -2.20. The molecule has 0 radical (unpaired) electrons. The van der Waals surface area contributed by atoms with Crippen molar-refractivity contribution in [3.8, 4) is 17.2 Å². The molecule has 2 N–H and O–H groups in total. The highest BCUT2D eigenvalue weighted by molar-refractivity contribution is 5.92. The molecule has 0 aliphatic rings. The van der Waals surface area contributed by atoms with Gasteiger partial charge in [0.2, 0.25) is 0 Å². The lowest BCUT2D eigenvalue weighted by atomic mass is 9.84. The van der Waals surface area contributed by atoms with Gasteiger partial charge in [0.05, 0.1) is 17.7 Å². The Bertz CT molecular complexity index is 1150. The average molecular weight is 367 g/mol. The summed E-state index contributed by atoms with van der Waals surface area (Å²) in [6, 6.07) is 20.9. The van der Waals surface area contributed by atoms with Crippen LogP contribution in [0.3, 0.4) is 0 Å². The van der Waals surface area contributed by atoms with Crippen molar-refractivity contribution in [2.75, 3.05) is 5.32 Å². The van der Waals surface area contributed by atoms with E-state index < -0.39 is 5.41 Å². The number of aromatic amines is 1. The zero-order chi connectivity index (χ0) is 19.6. The molecular weight excluding hydrogens is 346 g/mol. The summed E-state index contributed by atoms with van der Waals surface area (Å²) in [7, 11) is 0. The van der Waals surface area contributed by atoms with Crippen LogP contribution in [-0.2, 0) is 12.0 Å². The molecule has 5 heteroatoms. The molecule has 5 nitrogen and oxygen atoms in total. The zero-order valence-electron chi connectivity index (χ0n) is 15.9. The van der Waals surface area contributed by atoms with Crippen LogP contribution in [0.4, 0.5) is 5.69 Å². The van der Waals surface area contributed by atoms with Crippen LogP contribution in [0.2, 0.25) is 0 Å². The van der Waals surface area contributed by atoms with Gasteiger partial charge in [-0.3, -0.25) is 5.10 Å².